The smallest absolute Gasteiger partial charge is 0.151 e. The lowest BCUT2D eigenvalue weighted by atomic mass is 9.92. The van der Waals surface area contributed by atoms with Crippen molar-refractivity contribution in [1.82, 2.24) is 9.47 Å². The Bertz CT molecular complexity index is 788. The Kier molecular flexibility index (Phi) is 12.1. The molecule has 0 N–H and O–H groups in total. The van der Waals surface area contributed by atoms with Crippen molar-refractivity contribution in [3.05, 3.63) is 58.9 Å². The minimum atomic E-state index is 0. The van der Waals surface area contributed by atoms with E-state index >= 15 is 0 Å². The first-order valence-corrected chi connectivity index (χ1v) is 11.6. The number of piperidine rings is 1. The molecule has 1 aliphatic heterocycles. The first-order valence-electron chi connectivity index (χ1n) is 11.6. The van der Waals surface area contributed by atoms with Crippen LogP contribution < -0.4 is 0 Å². The highest BCUT2D eigenvalue weighted by atomic mass is 16.1. The molecule has 0 unspecified atom stereocenters. The van der Waals surface area contributed by atoms with Gasteiger partial charge in [-0.05, 0) is 78.2 Å². The number of hydrogen-bond donors (Lipinski definition) is 0. The summed E-state index contributed by atoms with van der Waals surface area (Å²) in [6.07, 6.45) is 8.77. The molecule has 1 saturated heterocycles. The minimum absolute atomic E-state index is 0. The highest BCUT2D eigenvalue weighted by molar-refractivity contribution is 5.80. The number of carbonyl (C=O) groups is 2. The van der Waals surface area contributed by atoms with Gasteiger partial charge in [-0.15, -0.1) is 0 Å². The maximum Gasteiger partial charge on any atom is 0.151 e. The number of aldehydes is 1. The van der Waals surface area contributed by atoms with E-state index in [1.165, 1.54) is 11.1 Å². The molecule has 2 aromatic rings. The van der Waals surface area contributed by atoms with Gasteiger partial charge in [0.05, 0.1) is 0 Å². The van der Waals surface area contributed by atoms with Gasteiger partial charge < -0.3 is 9.47 Å². The van der Waals surface area contributed by atoms with Crippen molar-refractivity contribution in [3.8, 4) is 0 Å². The van der Waals surface area contributed by atoms with Crippen molar-refractivity contribution < 1.29 is 11.0 Å². The number of nitrogens with zero attached hydrogens (tertiary/aromatic N) is 2. The summed E-state index contributed by atoms with van der Waals surface area (Å²) >= 11 is 0. The van der Waals surface area contributed by atoms with Crippen molar-refractivity contribution in [2.45, 2.75) is 73.3 Å². The van der Waals surface area contributed by atoms with Crippen LogP contribution in [0.5, 0.6) is 0 Å². The van der Waals surface area contributed by atoms with Gasteiger partial charge in [-0.25, -0.2) is 0 Å². The summed E-state index contributed by atoms with van der Waals surface area (Å²) in [5.74, 6) is 0.828. The molecule has 0 spiro atoms. The maximum atomic E-state index is 11.3. The average molecular weight is 429 g/mol. The molecule has 31 heavy (non-hydrogen) atoms. The van der Waals surface area contributed by atoms with Crippen molar-refractivity contribution in [2.75, 3.05) is 20.1 Å². The summed E-state index contributed by atoms with van der Waals surface area (Å²) < 4.78 is 2.04. The number of Topliss-reactive ketones (excluding diaryl/α,β-unsaturated/α-hetero) is 1. The molecule has 1 fully saturated rings. The molecule has 0 radical (unpaired) electrons. The molecule has 4 heteroatoms. The summed E-state index contributed by atoms with van der Waals surface area (Å²) in [6.45, 7) is 14.6. The molecule has 0 bridgehead atoms. The third-order valence-corrected chi connectivity index (χ3v) is 5.86. The lowest BCUT2D eigenvalue weighted by Crippen LogP contribution is -2.33. The Labute approximate surface area is 191 Å². The average Bonchev–Trinajstić information content (AvgIpc) is 3.16. The third-order valence-electron chi connectivity index (χ3n) is 5.86. The zero-order valence-electron chi connectivity index (χ0n) is 20.6. The molecule has 2 heterocycles. The lowest BCUT2D eigenvalue weighted by Gasteiger charge is -2.27. The Hall–Kier alpha value is -2.20. The number of likely N-dealkylation sites (tertiary alicyclic amines) is 1. The fourth-order valence-electron chi connectivity index (χ4n) is 3.46. The first-order chi connectivity index (χ1) is 14.7. The fraction of sp³-hybridized carbons (Fsp3) is 0.556. The predicted octanol–water partition coefficient (Wildman–Crippen LogP) is 6.30. The van der Waals surface area contributed by atoms with Crippen LogP contribution in [0.15, 0.2) is 36.7 Å². The fourth-order valence-corrected chi connectivity index (χ4v) is 3.46. The van der Waals surface area contributed by atoms with Crippen LogP contribution in [0.2, 0.25) is 0 Å². The van der Waals surface area contributed by atoms with E-state index in [0.717, 1.165) is 49.8 Å². The molecule has 3 rings (SSSR count). The van der Waals surface area contributed by atoms with E-state index in [4.69, 9.17) is 0 Å². The normalized spacial score (nSPS) is 14.3. The van der Waals surface area contributed by atoms with Crippen LogP contribution in [0.1, 0.15) is 81.5 Å². The van der Waals surface area contributed by atoms with Gasteiger partial charge in [-0.2, -0.15) is 0 Å². The van der Waals surface area contributed by atoms with Crippen molar-refractivity contribution in [1.29, 1.82) is 0 Å². The summed E-state index contributed by atoms with van der Waals surface area (Å²) in [5.41, 5.74) is 4.60. The monoisotopic (exact) mass is 428 g/mol. The van der Waals surface area contributed by atoms with Gasteiger partial charge in [-0.1, -0.05) is 43.7 Å². The van der Waals surface area contributed by atoms with E-state index in [1.807, 2.05) is 30.8 Å². The van der Waals surface area contributed by atoms with Crippen LogP contribution >= 0.6 is 0 Å². The number of aromatic nitrogens is 1. The maximum absolute atomic E-state index is 11.3. The Morgan fingerprint density at radius 3 is 2.06 bits per heavy atom. The second-order valence-electron chi connectivity index (χ2n) is 8.79. The first kappa shape index (κ1) is 26.8. The van der Waals surface area contributed by atoms with E-state index in [0.29, 0.717) is 24.2 Å². The van der Waals surface area contributed by atoms with Gasteiger partial charge >= 0.3 is 0 Å². The van der Waals surface area contributed by atoms with E-state index in [-0.39, 0.29) is 1.43 Å². The summed E-state index contributed by atoms with van der Waals surface area (Å²) in [7, 11) is 2.12. The van der Waals surface area contributed by atoms with E-state index in [9.17, 15) is 9.59 Å². The van der Waals surface area contributed by atoms with Crippen molar-refractivity contribution >= 4 is 12.1 Å². The Morgan fingerprint density at radius 2 is 1.68 bits per heavy atom. The standard InChI is InChI=1S/C9H13NO.C9H17NO.C9H12.H2/c1-7(2)10-4-8(3)9(5-10)6-11;1-3-9(11)8-4-6-10(2)7-5-8;1-3-9-6-4-8(2)5-7-9;/h4-7H,1-3H3;8H,3-7H2,1-2H3;4-7H,3H2,1-2H3;1H. The highest BCUT2D eigenvalue weighted by Gasteiger charge is 2.21. The molecule has 1 aromatic heterocycles. The van der Waals surface area contributed by atoms with Crippen LogP contribution in [0.3, 0.4) is 0 Å². The molecule has 0 aliphatic carbocycles. The zero-order valence-corrected chi connectivity index (χ0v) is 20.6. The lowest BCUT2D eigenvalue weighted by molar-refractivity contribution is -0.123. The van der Waals surface area contributed by atoms with Gasteiger partial charge in [0.2, 0.25) is 0 Å². The predicted molar refractivity (Wildman–Crippen MR) is 133 cm³/mol. The van der Waals surface area contributed by atoms with Gasteiger partial charge in [0.25, 0.3) is 0 Å². The largest absolute Gasteiger partial charge is 0.351 e. The zero-order chi connectivity index (χ0) is 23.4. The number of ketones is 1. The minimum Gasteiger partial charge on any atom is -0.351 e. The summed E-state index contributed by atoms with van der Waals surface area (Å²) in [6, 6.07) is 9.09. The van der Waals surface area contributed by atoms with Crippen molar-refractivity contribution in [3.63, 3.8) is 0 Å². The number of aryl methyl sites for hydroxylation is 3. The van der Waals surface area contributed by atoms with E-state index < -0.39 is 0 Å². The Balaban J connectivity index is 0.000000446. The van der Waals surface area contributed by atoms with Crippen LogP contribution in [-0.4, -0.2) is 41.7 Å². The van der Waals surface area contributed by atoms with Crippen LogP contribution in [0, 0.1) is 19.8 Å². The topological polar surface area (TPSA) is 42.3 Å². The second kappa shape index (κ2) is 14.0. The van der Waals surface area contributed by atoms with Gasteiger partial charge in [-0.3, -0.25) is 9.59 Å². The molecular formula is C27H44N2O2. The number of rotatable bonds is 5. The second-order valence-corrected chi connectivity index (χ2v) is 8.79. The van der Waals surface area contributed by atoms with Crippen LogP contribution in [-0.2, 0) is 11.2 Å². The summed E-state index contributed by atoms with van der Waals surface area (Å²) in [5, 5.41) is 0. The third kappa shape index (κ3) is 9.65. The molecule has 0 amide bonds. The quantitative estimate of drug-likeness (QED) is 0.525. The van der Waals surface area contributed by atoms with Gasteiger partial charge in [0.1, 0.15) is 5.78 Å². The van der Waals surface area contributed by atoms with Crippen molar-refractivity contribution in [2.24, 2.45) is 5.92 Å². The number of hydrogen-bond acceptors (Lipinski definition) is 3. The van der Waals surface area contributed by atoms with E-state index in [1.54, 1.807) is 0 Å². The molecule has 0 atom stereocenters. The Morgan fingerprint density at radius 1 is 1.10 bits per heavy atom. The van der Waals surface area contributed by atoms with Gasteiger partial charge in [0.15, 0.2) is 6.29 Å². The highest BCUT2D eigenvalue weighted by Crippen LogP contribution is 2.17. The summed E-state index contributed by atoms with van der Waals surface area (Å²) in [4.78, 5) is 24.0. The van der Waals surface area contributed by atoms with E-state index in [2.05, 4.69) is 63.9 Å². The number of carbonyl (C=O) groups excluding carboxylic acids is 2. The molecule has 174 valence electrons. The van der Waals surface area contributed by atoms with Crippen LogP contribution in [0.4, 0.5) is 0 Å². The SMILES string of the molecule is CCC(=O)C1CCN(C)CC1.CCc1ccc(C)cc1.Cc1cn(C(C)C)cc1C=O.[HH]. The molecule has 4 nitrogen and oxygen atoms in total. The molecule has 0 saturated carbocycles. The molecular weight excluding hydrogens is 384 g/mol. The van der Waals surface area contributed by atoms with Crippen LogP contribution in [0.25, 0.3) is 0 Å². The molecule has 1 aromatic carbocycles. The van der Waals surface area contributed by atoms with Gasteiger partial charge in [0, 0.05) is 37.8 Å². The number of benzene rings is 1. The molecule has 1 aliphatic rings.